The zero-order valence-electron chi connectivity index (χ0n) is 11.7. The standard InChI is InChI=1S/C16H24N2O/c1-18(14-11-7-2-3-8-12-14)16(19)15(17)13-9-5-4-6-10-13/h4-6,9-10,14-15H,2-3,7-8,11-12,17H2,1H3. The minimum absolute atomic E-state index is 0.0399. The Morgan fingerprint density at radius 2 is 1.74 bits per heavy atom. The molecule has 1 fully saturated rings. The lowest BCUT2D eigenvalue weighted by Gasteiger charge is -2.29. The molecule has 1 saturated carbocycles. The van der Waals surface area contributed by atoms with Crippen LogP contribution >= 0.6 is 0 Å². The van der Waals surface area contributed by atoms with E-state index in [4.69, 9.17) is 5.73 Å². The summed E-state index contributed by atoms with van der Waals surface area (Å²) in [6.07, 6.45) is 7.27. The number of likely N-dealkylation sites (N-methyl/N-ethyl adjacent to an activating group) is 1. The predicted molar refractivity (Wildman–Crippen MR) is 77.6 cm³/mol. The van der Waals surface area contributed by atoms with Crippen LogP contribution in [0.3, 0.4) is 0 Å². The second-order valence-electron chi connectivity index (χ2n) is 5.48. The van der Waals surface area contributed by atoms with Crippen molar-refractivity contribution in [3.63, 3.8) is 0 Å². The summed E-state index contributed by atoms with van der Waals surface area (Å²) in [5, 5.41) is 0. The molecule has 1 amide bonds. The summed E-state index contributed by atoms with van der Waals surface area (Å²) in [7, 11) is 1.90. The van der Waals surface area contributed by atoms with Gasteiger partial charge in [0.25, 0.3) is 0 Å². The number of benzene rings is 1. The van der Waals surface area contributed by atoms with E-state index in [1.165, 1.54) is 25.7 Å². The molecule has 0 bridgehead atoms. The molecular weight excluding hydrogens is 236 g/mol. The molecule has 2 N–H and O–H groups in total. The third-order valence-corrected chi connectivity index (χ3v) is 4.14. The van der Waals surface area contributed by atoms with Crippen LogP contribution in [0.2, 0.25) is 0 Å². The lowest BCUT2D eigenvalue weighted by Crippen LogP contribution is -2.42. The number of carbonyl (C=O) groups is 1. The Balaban J connectivity index is 2.01. The van der Waals surface area contributed by atoms with Gasteiger partial charge in [-0.15, -0.1) is 0 Å². The minimum atomic E-state index is -0.533. The monoisotopic (exact) mass is 260 g/mol. The van der Waals surface area contributed by atoms with E-state index in [1.54, 1.807) is 0 Å². The van der Waals surface area contributed by atoms with E-state index in [1.807, 2.05) is 42.3 Å². The molecule has 104 valence electrons. The van der Waals surface area contributed by atoms with E-state index in [-0.39, 0.29) is 5.91 Å². The fourth-order valence-electron chi connectivity index (χ4n) is 2.85. The molecule has 1 aromatic rings. The van der Waals surface area contributed by atoms with Crippen molar-refractivity contribution in [2.24, 2.45) is 5.73 Å². The Bertz CT molecular complexity index is 396. The van der Waals surface area contributed by atoms with Crippen LogP contribution in [0, 0.1) is 0 Å². The van der Waals surface area contributed by atoms with Gasteiger partial charge in [0.1, 0.15) is 6.04 Å². The highest BCUT2D eigenvalue weighted by Gasteiger charge is 2.25. The largest absolute Gasteiger partial charge is 0.341 e. The Morgan fingerprint density at radius 1 is 1.16 bits per heavy atom. The highest BCUT2D eigenvalue weighted by Crippen LogP contribution is 2.23. The molecule has 0 aromatic heterocycles. The van der Waals surface area contributed by atoms with Gasteiger partial charge in [-0.2, -0.15) is 0 Å². The zero-order chi connectivity index (χ0) is 13.7. The maximum absolute atomic E-state index is 12.5. The number of carbonyl (C=O) groups excluding carboxylic acids is 1. The van der Waals surface area contributed by atoms with Crippen molar-refractivity contribution in [1.29, 1.82) is 0 Å². The molecule has 1 aliphatic carbocycles. The van der Waals surface area contributed by atoms with Crippen LogP contribution in [-0.2, 0) is 4.79 Å². The molecule has 1 unspecified atom stereocenters. The summed E-state index contributed by atoms with van der Waals surface area (Å²) in [4.78, 5) is 14.3. The first-order valence-corrected chi connectivity index (χ1v) is 7.27. The fourth-order valence-corrected chi connectivity index (χ4v) is 2.85. The quantitative estimate of drug-likeness (QED) is 0.849. The van der Waals surface area contributed by atoms with Gasteiger partial charge in [0.15, 0.2) is 0 Å². The van der Waals surface area contributed by atoms with Crippen LogP contribution < -0.4 is 5.73 Å². The summed E-state index contributed by atoms with van der Waals surface area (Å²) in [5.74, 6) is 0.0399. The lowest BCUT2D eigenvalue weighted by molar-refractivity contribution is -0.133. The van der Waals surface area contributed by atoms with Crippen LogP contribution in [-0.4, -0.2) is 23.9 Å². The fraction of sp³-hybridized carbons (Fsp3) is 0.562. The maximum Gasteiger partial charge on any atom is 0.244 e. The van der Waals surface area contributed by atoms with Gasteiger partial charge in [0.2, 0.25) is 5.91 Å². The number of amides is 1. The smallest absolute Gasteiger partial charge is 0.244 e. The van der Waals surface area contributed by atoms with Crippen LogP contribution in [0.1, 0.15) is 50.1 Å². The first-order chi connectivity index (χ1) is 9.20. The van der Waals surface area contributed by atoms with Gasteiger partial charge in [-0.25, -0.2) is 0 Å². The summed E-state index contributed by atoms with van der Waals surface area (Å²) >= 11 is 0. The van der Waals surface area contributed by atoms with Crippen molar-refractivity contribution in [3.8, 4) is 0 Å². The van der Waals surface area contributed by atoms with E-state index in [9.17, 15) is 4.79 Å². The lowest BCUT2D eigenvalue weighted by atomic mass is 10.0. The highest BCUT2D eigenvalue weighted by molar-refractivity contribution is 5.83. The van der Waals surface area contributed by atoms with Gasteiger partial charge >= 0.3 is 0 Å². The van der Waals surface area contributed by atoms with Crippen LogP contribution in [0.5, 0.6) is 0 Å². The van der Waals surface area contributed by atoms with Crippen molar-refractivity contribution in [2.45, 2.75) is 50.6 Å². The third kappa shape index (κ3) is 3.57. The van der Waals surface area contributed by atoms with E-state index in [0.29, 0.717) is 6.04 Å². The van der Waals surface area contributed by atoms with E-state index in [0.717, 1.165) is 18.4 Å². The SMILES string of the molecule is CN(C(=O)C(N)c1ccccc1)C1CCCCCC1. The molecular formula is C16H24N2O. The molecule has 1 aliphatic rings. The van der Waals surface area contributed by atoms with E-state index >= 15 is 0 Å². The average Bonchev–Trinajstić information content (AvgIpc) is 2.75. The first-order valence-electron chi connectivity index (χ1n) is 7.27. The summed E-state index contributed by atoms with van der Waals surface area (Å²) < 4.78 is 0. The first kappa shape index (κ1) is 14.1. The van der Waals surface area contributed by atoms with Crippen LogP contribution in [0.25, 0.3) is 0 Å². The van der Waals surface area contributed by atoms with Crippen molar-refractivity contribution in [3.05, 3.63) is 35.9 Å². The Morgan fingerprint density at radius 3 is 2.32 bits per heavy atom. The summed E-state index contributed by atoms with van der Waals surface area (Å²) in [5.41, 5.74) is 6.99. The molecule has 3 nitrogen and oxygen atoms in total. The maximum atomic E-state index is 12.5. The Labute approximate surface area is 115 Å². The van der Waals surface area contributed by atoms with Gasteiger partial charge in [0, 0.05) is 13.1 Å². The van der Waals surface area contributed by atoms with Crippen molar-refractivity contribution >= 4 is 5.91 Å². The Kier molecular flexibility index (Phi) is 4.97. The van der Waals surface area contributed by atoms with Crippen molar-refractivity contribution < 1.29 is 4.79 Å². The topological polar surface area (TPSA) is 46.3 Å². The van der Waals surface area contributed by atoms with Crippen LogP contribution in [0.4, 0.5) is 0 Å². The zero-order valence-corrected chi connectivity index (χ0v) is 11.7. The number of nitrogens with two attached hydrogens (primary N) is 1. The number of rotatable bonds is 3. The van der Waals surface area contributed by atoms with E-state index in [2.05, 4.69) is 0 Å². The van der Waals surface area contributed by atoms with Crippen molar-refractivity contribution in [2.75, 3.05) is 7.05 Å². The van der Waals surface area contributed by atoms with E-state index < -0.39 is 6.04 Å². The number of nitrogens with zero attached hydrogens (tertiary/aromatic N) is 1. The van der Waals surface area contributed by atoms with Gasteiger partial charge in [-0.1, -0.05) is 56.0 Å². The molecule has 1 atom stereocenters. The number of hydrogen-bond acceptors (Lipinski definition) is 2. The molecule has 0 radical (unpaired) electrons. The van der Waals surface area contributed by atoms with Gasteiger partial charge < -0.3 is 10.6 Å². The summed E-state index contributed by atoms with van der Waals surface area (Å²) in [6, 6.07) is 9.46. The third-order valence-electron chi connectivity index (χ3n) is 4.14. The minimum Gasteiger partial charge on any atom is -0.341 e. The molecule has 19 heavy (non-hydrogen) atoms. The summed E-state index contributed by atoms with van der Waals surface area (Å²) in [6.45, 7) is 0. The molecule has 3 heteroatoms. The highest BCUT2D eigenvalue weighted by atomic mass is 16.2. The number of hydrogen-bond donors (Lipinski definition) is 1. The second-order valence-corrected chi connectivity index (χ2v) is 5.48. The van der Waals surface area contributed by atoms with Gasteiger partial charge in [-0.05, 0) is 18.4 Å². The molecule has 2 rings (SSSR count). The van der Waals surface area contributed by atoms with Gasteiger partial charge in [0.05, 0.1) is 0 Å². The molecule has 0 spiro atoms. The molecule has 0 heterocycles. The molecule has 0 aliphatic heterocycles. The molecule has 1 aromatic carbocycles. The van der Waals surface area contributed by atoms with Gasteiger partial charge in [-0.3, -0.25) is 4.79 Å². The Hall–Kier alpha value is -1.35. The predicted octanol–water partition coefficient (Wildman–Crippen LogP) is 2.87. The molecule has 0 saturated heterocycles. The van der Waals surface area contributed by atoms with Crippen LogP contribution in [0.15, 0.2) is 30.3 Å². The second kappa shape index (κ2) is 6.71. The van der Waals surface area contributed by atoms with Crippen molar-refractivity contribution in [1.82, 2.24) is 4.90 Å². The normalized spacial score (nSPS) is 18.6. The average molecular weight is 260 g/mol.